The Bertz CT molecular complexity index is 754. The van der Waals surface area contributed by atoms with Crippen LogP contribution in [-0.4, -0.2) is 18.5 Å². The molecule has 1 atom stereocenters. The highest BCUT2D eigenvalue weighted by atomic mass is 16.5. The molecule has 4 nitrogen and oxygen atoms in total. The van der Waals surface area contributed by atoms with Gasteiger partial charge < -0.3 is 10.1 Å². The highest BCUT2D eigenvalue weighted by Gasteiger charge is 2.23. The summed E-state index contributed by atoms with van der Waals surface area (Å²) in [5.74, 6) is -0.638. The molecule has 1 N–H and O–H groups in total. The number of rotatable bonds is 5. The van der Waals surface area contributed by atoms with Crippen LogP contribution in [0.15, 0.2) is 48.5 Å². The number of benzene rings is 2. The number of fused-ring (bicyclic) bond motifs is 1. The van der Waals surface area contributed by atoms with Gasteiger partial charge in [-0.15, -0.1) is 0 Å². The number of amides is 1. The number of ether oxygens (including phenoxy) is 1. The van der Waals surface area contributed by atoms with Gasteiger partial charge in [-0.05, 0) is 42.0 Å². The van der Waals surface area contributed by atoms with E-state index in [1.165, 1.54) is 5.56 Å². The molecule has 0 saturated carbocycles. The first-order valence-corrected chi connectivity index (χ1v) is 8.21. The molecule has 2 aromatic carbocycles. The van der Waals surface area contributed by atoms with Crippen LogP contribution in [0.2, 0.25) is 0 Å². The Morgan fingerprint density at radius 2 is 1.88 bits per heavy atom. The SMILES string of the molecule is Cc1ccccc1CC(=O)OCC(=O)N[C@@H]1CCc2ccccc21. The second-order valence-electron chi connectivity index (χ2n) is 6.12. The van der Waals surface area contributed by atoms with Gasteiger partial charge in [-0.2, -0.15) is 0 Å². The molecule has 0 aromatic heterocycles. The van der Waals surface area contributed by atoms with Gasteiger partial charge in [0.1, 0.15) is 0 Å². The monoisotopic (exact) mass is 323 g/mol. The fourth-order valence-corrected chi connectivity index (χ4v) is 3.10. The second kappa shape index (κ2) is 7.30. The lowest BCUT2D eigenvalue weighted by molar-refractivity contribution is -0.148. The van der Waals surface area contributed by atoms with E-state index in [1.807, 2.05) is 49.4 Å². The van der Waals surface area contributed by atoms with Gasteiger partial charge in [0.2, 0.25) is 0 Å². The van der Waals surface area contributed by atoms with Crippen molar-refractivity contribution in [3.63, 3.8) is 0 Å². The van der Waals surface area contributed by atoms with Crippen LogP contribution in [0.1, 0.15) is 34.7 Å². The smallest absolute Gasteiger partial charge is 0.310 e. The predicted octanol–water partition coefficient (Wildman–Crippen LogP) is 2.88. The number of carbonyl (C=O) groups excluding carboxylic acids is 2. The van der Waals surface area contributed by atoms with Crippen LogP contribution in [0.3, 0.4) is 0 Å². The first-order valence-electron chi connectivity index (χ1n) is 8.21. The maximum atomic E-state index is 12.0. The largest absolute Gasteiger partial charge is 0.455 e. The minimum atomic E-state index is -0.383. The van der Waals surface area contributed by atoms with E-state index in [0.29, 0.717) is 0 Å². The van der Waals surface area contributed by atoms with Crippen molar-refractivity contribution in [2.45, 2.75) is 32.2 Å². The van der Waals surface area contributed by atoms with Crippen molar-refractivity contribution in [2.24, 2.45) is 0 Å². The Kier molecular flexibility index (Phi) is 4.94. The number of esters is 1. The molecule has 0 bridgehead atoms. The molecule has 1 aliphatic carbocycles. The van der Waals surface area contributed by atoms with Crippen molar-refractivity contribution in [2.75, 3.05) is 6.61 Å². The Balaban J connectivity index is 1.48. The summed E-state index contributed by atoms with van der Waals surface area (Å²) < 4.78 is 5.11. The highest BCUT2D eigenvalue weighted by molar-refractivity contribution is 5.81. The van der Waals surface area contributed by atoms with Crippen LogP contribution < -0.4 is 5.32 Å². The van der Waals surface area contributed by atoms with Gasteiger partial charge in [0.25, 0.3) is 5.91 Å². The standard InChI is InChI=1S/C20H21NO3/c1-14-6-2-3-8-16(14)12-20(23)24-13-19(22)21-18-11-10-15-7-4-5-9-17(15)18/h2-9,18H,10-13H2,1H3,(H,21,22)/t18-/m1/s1. The third kappa shape index (κ3) is 3.82. The van der Waals surface area contributed by atoms with Crippen LogP contribution in [0.25, 0.3) is 0 Å². The van der Waals surface area contributed by atoms with Crippen molar-refractivity contribution >= 4 is 11.9 Å². The van der Waals surface area contributed by atoms with Gasteiger partial charge in [-0.3, -0.25) is 9.59 Å². The van der Waals surface area contributed by atoms with Crippen molar-refractivity contribution in [1.82, 2.24) is 5.32 Å². The molecule has 0 saturated heterocycles. The Morgan fingerprint density at radius 3 is 2.71 bits per heavy atom. The fourth-order valence-electron chi connectivity index (χ4n) is 3.10. The lowest BCUT2D eigenvalue weighted by Gasteiger charge is -2.14. The van der Waals surface area contributed by atoms with Gasteiger partial charge in [-0.25, -0.2) is 0 Å². The minimum absolute atomic E-state index is 0.0174. The van der Waals surface area contributed by atoms with Crippen molar-refractivity contribution in [3.8, 4) is 0 Å². The molecule has 1 amide bonds. The van der Waals surface area contributed by atoms with Crippen molar-refractivity contribution in [1.29, 1.82) is 0 Å². The number of hydrogen-bond donors (Lipinski definition) is 1. The summed E-state index contributed by atoms with van der Waals surface area (Å²) in [5, 5.41) is 2.95. The highest BCUT2D eigenvalue weighted by Crippen LogP contribution is 2.30. The zero-order valence-electron chi connectivity index (χ0n) is 13.7. The molecular formula is C20H21NO3. The molecule has 0 spiro atoms. The normalized spacial score (nSPS) is 15.6. The molecule has 124 valence electrons. The van der Waals surface area contributed by atoms with Crippen LogP contribution in [0.5, 0.6) is 0 Å². The molecule has 2 aromatic rings. The van der Waals surface area contributed by atoms with Gasteiger partial charge in [0.05, 0.1) is 12.5 Å². The zero-order chi connectivity index (χ0) is 16.9. The summed E-state index contributed by atoms with van der Waals surface area (Å²) in [6.07, 6.45) is 2.04. The molecule has 0 heterocycles. The van der Waals surface area contributed by atoms with E-state index in [-0.39, 0.29) is 30.9 Å². The van der Waals surface area contributed by atoms with E-state index in [4.69, 9.17) is 4.74 Å². The van der Waals surface area contributed by atoms with E-state index < -0.39 is 0 Å². The summed E-state index contributed by atoms with van der Waals surface area (Å²) in [7, 11) is 0. The molecule has 1 aliphatic rings. The Labute approximate surface area is 141 Å². The second-order valence-corrected chi connectivity index (χ2v) is 6.12. The van der Waals surface area contributed by atoms with E-state index in [1.54, 1.807) is 0 Å². The van der Waals surface area contributed by atoms with E-state index in [9.17, 15) is 9.59 Å². The van der Waals surface area contributed by atoms with Crippen molar-refractivity contribution < 1.29 is 14.3 Å². The molecule has 0 unspecified atom stereocenters. The average molecular weight is 323 g/mol. The first kappa shape index (κ1) is 16.2. The average Bonchev–Trinajstić information content (AvgIpc) is 2.98. The van der Waals surface area contributed by atoms with E-state index >= 15 is 0 Å². The van der Waals surface area contributed by atoms with Crippen LogP contribution >= 0.6 is 0 Å². The molecular weight excluding hydrogens is 302 g/mol. The summed E-state index contributed by atoms with van der Waals surface area (Å²) in [6.45, 7) is 1.72. The number of aryl methyl sites for hydroxylation is 2. The molecule has 0 fully saturated rings. The predicted molar refractivity (Wildman–Crippen MR) is 91.5 cm³/mol. The van der Waals surface area contributed by atoms with Gasteiger partial charge in [-0.1, -0.05) is 48.5 Å². The zero-order valence-corrected chi connectivity index (χ0v) is 13.7. The maximum absolute atomic E-state index is 12.0. The summed E-state index contributed by atoms with van der Waals surface area (Å²) in [4.78, 5) is 23.9. The maximum Gasteiger partial charge on any atom is 0.310 e. The van der Waals surface area contributed by atoms with Gasteiger partial charge in [0, 0.05) is 0 Å². The van der Waals surface area contributed by atoms with Crippen LogP contribution in [0, 0.1) is 6.92 Å². The summed E-state index contributed by atoms with van der Waals surface area (Å²) in [6, 6.07) is 15.8. The van der Waals surface area contributed by atoms with E-state index in [2.05, 4.69) is 11.4 Å². The van der Waals surface area contributed by atoms with Gasteiger partial charge >= 0.3 is 5.97 Å². The topological polar surface area (TPSA) is 55.4 Å². The molecule has 3 rings (SSSR count). The Hall–Kier alpha value is -2.62. The van der Waals surface area contributed by atoms with Gasteiger partial charge in [0.15, 0.2) is 6.61 Å². The van der Waals surface area contributed by atoms with Crippen LogP contribution in [-0.2, 0) is 27.2 Å². The summed E-state index contributed by atoms with van der Waals surface area (Å²) >= 11 is 0. The summed E-state index contributed by atoms with van der Waals surface area (Å²) in [5.41, 5.74) is 4.41. The van der Waals surface area contributed by atoms with Crippen LogP contribution in [0.4, 0.5) is 0 Å². The number of nitrogens with one attached hydrogen (secondary N) is 1. The lowest BCUT2D eigenvalue weighted by Crippen LogP contribution is -2.31. The lowest BCUT2D eigenvalue weighted by atomic mass is 10.1. The van der Waals surface area contributed by atoms with E-state index in [0.717, 1.165) is 29.5 Å². The van der Waals surface area contributed by atoms with Crippen molar-refractivity contribution in [3.05, 3.63) is 70.8 Å². The third-order valence-electron chi connectivity index (χ3n) is 4.43. The Morgan fingerprint density at radius 1 is 1.12 bits per heavy atom. The molecule has 24 heavy (non-hydrogen) atoms. The molecule has 4 heteroatoms. The quantitative estimate of drug-likeness (QED) is 0.861. The number of hydrogen-bond acceptors (Lipinski definition) is 3. The number of carbonyl (C=O) groups is 2. The third-order valence-corrected chi connectivity index (χ3v) is 4.43. The minimum Gasteiger partial charge on any atom is -0.455 e. The fraction of sp³-hybridized carbons (Fsp3) is 0.300. The molecule has 0 aliphatic heterocycles. The first-order chi connectivity index (χ1) is 11.6. The molecule has 0 radical (unpaired) electrons.